The third-order valence-corrected chi connectivity index (χ3v) is 3.48. The number of nitrogens with zero attached hydrogens (tertiary/aromatic N) is 1. The molecule has 1 atom stereocenters. The third kappa shape index (κ3) is 6.17. The maximum absolute atomic E-state index is 11.9. The molecule has 112 valence electrons. The minimum Gasteiger partial charge on any atom is -0.380 e. The summed E-state index contributed by atoms with van der Waals surface area (Å²) < 4.78 is 5.13. The van der Waals surface area contributed by atoms with Crippen LogP contribution in [-0.2, 0) is 16.0 Å². The zero-order valence-corrected chi connectivity index (χ0v) is 12.5. The molecule has 0 aliphatic carbocycles. The summed E-state index contributed by atoms with van der Waals surface area (Å²) in [7, 11) is 3.43. The van der Waals surface area contributed by atoms with Crippen molar-refractivity contribution in [2.45, 2.75) is 31.8 Å². The Kier molecular flexibility index (Phi) is 7.92. The van der Waals surface area contributed by atoms with Gasteiger partial charge >= 0.3 is 0 Å². The van der Waals surface area contributed by atoms with Crippen LogP contribution in [0.1, 0.15) is 24.8 Å². The predicted octanol–water partition coefficient (Wildman–Crippen LogP) is 1.83. The number of carbonyl (C=O) groups is 1. The lowest BCUT2D eigenvalue weighted by Gasteiger charge is -2.20. The number of methoxy groups -OCH3 is 1. The summed E-state index contributed by atoms with van der Waals surface area (Å²) >= 11 is 0. The van der Waals surface area contributed by atoms with E-state index in [2.05, 4.69) is 24.3 Å². The van der Waals surface area contributed by atoms with Gasteiger partial charge in [-0.3, -0.25) is 4.79 Å². The van der Waals surface area contributed by atoms with Gasteiger partial charge in [-0.05, 0) is 24.8 Å². The van der Waals surface area contributed by atoms with Crippen molar-refractivity contribution in [1.29, 1.82) is 0 Å². The molecule has 0 saturated carbocycles. The van der Waals surface area contributed by atoms with Crippen molar-refractivity contribution >= 4 is 5.91 Å². The average Bonchev–Trinajstić information content (AvgIpc) is 2.49. The predicted molar refractivity (Wildman–Crippen MR) is 81.5 cm³/mol. The van der Waals surface area contributed by atoms with Crippen LogP contribution in [-0.4, -0.2) is 44.2 Å². The van der Waals surface area contributed by atoms with Gasteiger partial charge in [-0.1, -0.05) is 30.3 Å². The minimum atomic E-state index is -0.172. The fourth-order valence-corrected chi connectivity index (χ4v) is 2.06. The molecule has 1 aromatic carbocycles. The Morgan fingerprint density at radius 3 is 2.60 bits per heavy atom. The molecule has 0 aliphatic heterocycles. The molecule has 1 amide bonds. The molecule has 0 fully saturated rings. The minimum absolute atomic E-state index is 0.0991. The molecule has 2 N–H and O–H groups in total. The molecule has 0 heterocycles. The number of rotatable bonds is 9. The molecule has 0 aliphatic rings. The van der Waals surface area contributed by atoms with E-state index >= 15 is 0 Å². The van der Waals surface area contributed by atoms with Crippen LogP contribution in [0, 0.1) is 0 Å². The van der Waals surface area contributed by atoms with Gasteiger partial charge in [0.15, 0.2) is 0 Å². The summed E-state index contributed by atoms with van der Waals surface area (Å²) in [4.78, 5) is 13.7. The molecule has 1 rings (SSSR count). The van der Waals surface area contributed by atoms with Crippen molar-refractivity contribution in [3.05, 3.63) is 35.9 Å². The lowest BCUT2D eigenvalue weighted by atomic mass is 10.1. The highest BCUT2D eigenvalue weighted by Crippen LogP contribution is 2.06. The van der Waals surface area contributed by atoms with Gasteiger partial charge in [0, 0.05) is 27.2 Å². The highest BCUT2D eigenvalue weighted by atomic mass is 16.5. The topological polar surface area (TPSA) is 55.6 Å². The number of hydrogen-bond acceptors (Lipinski definition) is 3. The van der Waals surface area contributed by atoms with Crippen LogP contribution >= 0.6 is 0 Å². The van der Waals surface area contributed by atoms with Crippen LogP contribution in [0.5, 0.6) is 0 Å². The van der Waals surface area contributed by atoms with Gasteiger partial charge in [0.1, 0.15) is 0 Å². The van der Waals surface area contributed by atoms with Crippen LogP contribution in [0.4, 0.5) is 0 Å². The SMILES string of the molecule is COC(CN)CC(=O)N(C)CCCCc1ccccc1. The molecule has 0 saturated heterocycles. The molecule has 4 nitrogen and oxygen atoms in total. The number of nitrogens with two attached hydrogens (primary N) is 1. The summed E-state index contributed by atoms with van der Waals surface area (Å²) in [5.41, 5.74) is 6.87. The summed E-state index contributed by atoms with van der Waals surface area (Å²) in [6.07, 6.45) is 3.35. The molecule has 0 spiro atoms. The molecule has 1 unspecified atom stereocenters. The Hall–Kier alpha value is -1.39. The van der Waals surface area contributed by atoms with E-state index < -0.39 is 0 Å². The number of amides is 1. The highest BCUT2D eigenvalue weighted by Gasteiger charge is 2.14. The van der Waals surface area contributed by atoms with E-state index in [1.54, 1.807) is 12.0 Å². The molecule has 4 heteroatoms. The van der Waals surface area contributed by atoms with Crippen LogP contribution < -0.4 is 5.73 Å². The van der Waals surface area contributed by atoms with Crippen molar-refractivity contribution < 1.29 is 9.53 Å². The zero-order valence-electron chi connectivity index (χ0n) is 12.5. The van der Waals surface area contributed by atoms with Gasteiger partial charge in [0.2, 0.25) is 5.91 Å². The largest absolute Gasteiger partial charge is 0.380 e. The van der Waals surface area contributed by atoms with E-state index in [4.69, 9.17) is 10.5 Å². The van der Waals surface area contributed by atoms with E-state index in [9.17, 15) is 4.79 Å². The van der Waals surface area contributed by atoms with E-state index in [-0.39, 0.29) is 12.0 Å². The van der Waals surface area contributed by atoms with Gasteiger partial charge in [0.25, 0.3) is 0 Å². The van der Waals surface area contributed by atoms with Crippen LogP contribution in [0.15, 0.2) is 30.3 Å². The summed E-state index contributed by atoms with van der Waals surface area (Å²) in [5, 5.41) is 0. The second-order valence-corrected chi connectivity index (χ2v) is 5.06. The normalized spacial score (nSPS) is 12.2. The monoisotopic (exact) mass is 278 g/mol. The molecule has 1 aromatic rings. The Morgan fingerprint density at radius 2 is 2.00 bits per heavy atom. The van der Waals surface area contributed by atoms with E-state index in [1.165, 1.54) is 5.56 Å². The fraction of sp³-hybridized carbons (Fsp3) is 0.562. The maximum atomic E-state index is 11.9. The van der Waals surface area contributed by atoms with Gasteiger partial charge in [-0.15, -0.1) is 0 Å². The number of hydrogen-bond donors (Lipinski definition) is 1. The summed E-state index contributed by atoms with van der Waals surface area (Å²) in [6, 6.07) is 10.4. The molecule has 0 bridgehead atoms. The number of aryl methyl sites for hydroxylation is 1. The van der Waals surface area contributed by atoms with Crippen molar-refractivity contribution in [2.75, 3.05) is 27.2 Å². The summed E-state index contributed by atoms with van der Waals surface area (Å²) in [6.45, 7) is 1.16. The standard InChI is InChI=1S/C16H26N2O2/c1-18(16(19)12-15(13-17)20-2)11-7-6-10-14-8-4-3-5-9-14/h3-5,8-9,15H,6-7,10-13,17H2,1-2H3. The third-order valence-electron chi connectivity index (χ3n) is 3.48. The van der Waals surface area contributed by atoms with E-state index in [1.807, 2.05) is 13.1 Å². The molecule has 0 radical (unpaired) electrons. The van der Waals surface area contributed by atoms with Crippen LogP contribution in [0.25, 0.3) is 0 Å². The van der Waals surface area contributed by atoms with Gasteiger partial charge in [-0.25, -0.2) is 0 Å². The van der Waals surface area contributed by atoms with Crippen molar-refractivity contribution in [3.63, 3.8) is 0 Å². The lowest BCUT2D eigenvalue weighted by molar-refractivity contribution is -0.132. The second-order valence-electron chi connectivity index (χ2n) is 5.06. The van der Waals surface area contributed by atoms with Crippen molar-refractivity contribution in [1.82, 2.24) is 4.90 Å². The lowest BCUT2D eigenvalue weighted by Crippen LogP contribution is -2.34. The number of carbonyl (C=O) groups excluding carboxylic acids is 1. The first-order chi connectivity index (χ1) is 9.67. The molecular formula is C16H26N2O2. The zero-order chi connectivity index (χ0) is 14.8. The fourth-order valence-electron chi connectivity index (χ4n) is 2.06. The van der Waals surface area contributed by atoms with E-state index in [0.717, 1.165) is 25.8 Å². The van der Waals surface area contributed by atoms with Crippen LogP contribution in [0.3, 0.4) is 0 Å². The van der Waals surface area contributed by atoms with Gasteiger partial charge in [-0.2, -0.15) is 0 Å². The Labute approximate surface area is 121 Å². The first-order valence-electron chi connectivity index (χ1n) is 7.18. The number of ether oxygens (including phenoxy) is 1. The molecule has 20 heavy (non-hydrogen) atoms. The quantitative estimate of drug-likeness (QED) is 0.701. The smallest absolute Gasteiger partial charge is 0.224 e. The Balaban J connectivity index is 2.19. The first kappa shape index (κ1) is 16.7. The maximum Gasteiger partial charge on any atom is 0.224 e. The van der Waals surface area contributed by atoms with Gasteiger partial charge in [0.05, 0.1) is 12.5 Å². The molecular weight excluding hydrogens is 252 g/mol. The Morgan fingerprint density at radius 1 is 1.30 bits per heavy atom. The van der Waals surface area contributed by atoms with Crippen molar-refractivity contribution in [3.8, 4) is 0 Å². The van der Waals surface area contributed by atoms with E-state index in [0.29, 0.717) is 13.0 Å². The number of benzene rings is 1. The molecule has 0 aromatic heterocycles. The summed E-state index contributed by atoms with van der Waals surface area (Å²) in [5.74, 6) is 0.0991. The number of unbranched alkanes of at least 4 members (excludes halogenated alkanes) is 1. The average molecular weight is 278 g/mol. The van der Waals surface area contributed by atoms with Gasteiger partial charge < -0.3 is 15.4 Å². The van der Waals surface area contributed by atoms with Crippen molar-refractivity contribution in [2.24, 2.45) is 5.73 Å². The Bertz CT molecular complexity index is 377. The van der Waals surface area contributed by atoms with Crippen LogP contribution in [0.2, 0.25) is 0 Å². The highest BCUT2D eigenvalue weighted by molar-refractivity contribution is 5.76. The second kappa shape index (κ2) is 9.50. The first-order valence-corrected chi connectivity index (χ1v) is 7.18.